The molecule has 1 heterocycles. The zero-order chi connectivity index (χ0) is 13.7. The van der Waals surface area contributed by atoms with Crippen molar-refractivity contribution in [2.45, 2.75) is 25.0 Å². The van der Waals surface area contributed by atoms with Crippen molar-refractivity contribution in [3.8, 4) is 0 Å². The van der Waals surface area contributed by atoms with Gasteiger partial charge in [-0.2, -0.15) is 0 Å². The van der Waals surface area contributed by atoms with Gasteiger partial charge >= 0.3 is 5.97 Å². The summed E-state index contributed by atoms with van der Waals surface area (Å²) in [6.07, 6.45) is -0.491. The van der Waals surface area contributed by atoms with Crippen LogP contribution >= 0.6 is 0 Å². The maximum absolute atomic E-state index is 10.5. The van der Waals surface area contributed by atoms with Crippen LogP contribution in [0, 0.1) is 0 Å². The molecule has 3 N–H and O–H groups in total. The van der Waals surface area contributed by atoms with Crippen LogP contribution in [0.5, 0.6) is 0 Å². The van der Waals surface area contributed by atoms with Crippen molar-refractivity contribution in [2.24, 2.45) is 0 Å². The minimum absolute atomic E-state index is 0.229. The molecule has 104 valence electrons. The Hall–Kier alpha value is -1.43. The highest BCUT2D eigenvalue weighted by Gasteiger charge is 2.15. The Labute approximate surface area is 112 Å². The number of aryl methyl sites for hydroxylation is 1. The van der Waals surface area contributed by atoms with Crippen molar-refractivity contribution in [3.63, 3.8) is 0 Å². The molecule has 1 aromatic rings. The topological polar surface area (TPSA) is 78.8 Å². The highest BCUT2D eigenvalue weighted by atomic mass is 16.5. The summed E-state index contributed by atoms with van der Waals surface area (Å²) in [6, 6.07) is 8.22. The highest BCUT2D eigenvalue weighted by molar-refractivity contribution is 5.71. The number of aliphatic carboxylic acids is 1. The second kappa shape index (κ2) is 6.65. The zero-order valence-corrected chi connectivity index (χ0v) is 10.7. The fourth-order valence-corrected chi connectivity index (χ4v) is 2.12. The predicted octanol–water partition coefficient (Wildman–Crippen LogP) is 0.726. The van der Waals surface area contributed by atoms with Crippen molar-refractivity contribution in [1.82, 2.24) is 5.32 Å². The molecule has 1 saturated heterocycles. The van der Waals surface area contributed by atoms with Crippen LogP contribution in [0.15, 0.2) is 24.3 Å². The van der Waals surface area contributed by atoms with E-state index in [0.717, 1.165) is 18.7 Å². The molecule has 2 atom stereocenters. The third kappa shape index (κ3) is 4.02. The number of nitrogens with one attached hydrogen (secondary N) is 1. The van der Waals surface area contributed by atoms with Gasteiger partial charge in [0, 0.05) is 6.54 Å². The fraction of sp³-hybridized carbons (Fsp3) is 0.500. The quantitative estimate of drug-likeness (QED) is 0.731. The molecule has 0 aliphatic carbocycles. The first-order valence-corrected chi connectivity index (χ1v) is 6.47. The number of benzene rings is 1. The molecule has 19 heavy (non-hydrogen) atoms. The van der Waals surface area contributed by atoms with Crippen LogP contribution in [0.4, 0.5) is 0 Å². The van der Waals surface area contributed by atoms with Gasteiger partial charge in [0.2, 0.25) is 0 Å². The Morgan fingerprint density at radius 1 is 1.42 bits per heavy atom. The maximum atomic E-state index is 10.5. The normalized spacial score (nSPS) is 21.0. The molecule has 5 heteroatoms. The summed E-state index contributed by atoms with van der Waals surface area (Å²) in [5, 5.41) is 21.2. The van der Waals surface area contributed by atoms with Crippen molar-refractivity contribution in [3.05, 3.63) is 35.4 Å². The van der Waals surface area contributed by atoms with Crippen LogP contribution in [0.25, 0.3) is 0 Å². The van der Waals surface area contributed by atoms with Crippen molar-refractivity contribution < 1.29 is 19.7 Å². The predicted molar refractivity (Wildman–Crippen MR) is 70.0 cm³/mol. The lowest BCUT2D eigenvalue weighted by molar-refractivity contribution is -0.146. The average Bonchev–Trinajstić information content (AvgIpc) is 2.46. The van der Waals surface area contributed by atoms with Gasteiger partial charge in [-0.05, 0) is 24.0 Å². The van der Waals surface area contributed by atoms with E-state index in [1.165, 1.54) is 5.56 Å². The Kier molecular flexibility index (Phi) is 4.90. The van der Waals surface area contributed by atoms with E-state index in [1.807, 2.05) is 24.3 Å². The first-order valence-electron chi connectivity index (χ1n) is 6.47. The second-order valence-electron chi connectivity index (χ2n) is 4.72. The number of rotatable bonds is 5. The number of hydrogen-bond acceptors (Lipinski definition) is 4. The van der Waals surface area contributed by atoms with Crippen molar-refractivity contribution in [2.75, 3.05) is 19.8 Å². The molecule has 1 aliphatic heterocycles. The third-order valence-electron chi connectivity index (χ3n) is 3.30. The van der Waals surface area contributed by atoms with Crippen LogP contribution in [-0.4, -0.2) is 42.0 Å². The molecule has 1 fully saturated rings. The molecule has 1 aliphatic rings. The monoisotopic (exact) mass is 265 g/mol. The average molecular weight is 265 g/mol. The fourth-order valence-electron chi connectivity index (χ4n) is 2.12. The van der Waals surface area contributed by atoms with E-state index in [4.69, 9.17) is 9.84 Å². The SMILES string of the molecule is O=C(O)C(O)CCc1ccc(C2COCCN2)cc1. The van der Waals surface area contributed by atoms with Gasteiger partial charge < -0.3 is 20.3 Å². The van der Waals surface area contributed by atoms with Crippen LogP contribution < -0.4 is 5.32 Å². The minimum atomic E-state index is -1.28. The van der Waals surface area contributed by atoms with E-state index in [9.17, 15) is 9.90 Å². The molecule has 0 spiro atoms. The summed E-state index contributed by atoms with van der Waals surface area (Å²) in [6.45, 7) is 2.29. The number of aliphatic hydroxyl groups is 1. The minimum Gasteiger partial charge on any atom is -0.479 e. The summed E-state index contributed by atoms with van der Waals surface area (Å²) >= 11 is 0. The molecular formula is C14H19NO4. The van der Waals surface area contributed by atoms with Crippen LogP contribution in [0.1, 0.15) is 23.6 Å². The van der Waals surface area contributed by atoms with Crippen molar-refractivity contribution in [1.29, 1.82) is 0 Å². The van der Waals surface area contributed by atoms with E-state index >= 15 is 0 Å². The highest BCUT2D eigenvalue weighted by Crippen LogP contribution is 2.17. The number of hydrogen-bond donors (Lipinski definition) is 3. The summed E-state index contributed by atoms with van der Waals surface area (Å²) < 4.78 is 5.41. The van der Waals surface area contributed by atoms with Crippen LogP contribution in [0.3, 0.4) is 0 Å². The zero-order valence-electron chi connectivity index (χ0n) is 10.7. The lowest BCUT2D eigenvalue weighted by Crippen LogP contribution is -2.34. The van der Waals surface area contributed by atoms with Gasteiger partial charge in [0.1, 0.15) is 0 Å². The number of morpholine rings is 1. The summed E-state index contributed by atoms with van der Waals surface area (Å²) in [4.78, 5) is 10.5. The lowest BCUT2D eigenvalue weighted by atomic mass is 10.0. The molecule has 0 saturated carbocycles. The molecule has 0 aromatic heterocycles. The number of carbonyl (C=O) groups is 1. The molecule has 0 radical (unpaired) electrons. The van der Waals surface area contributed by atoms with E-state index in [2.05, 4.69) is 5.32 Å². The summed E-state index contributed by atoms with van der Waals surface area (Å²) in [5.41, 5.74) is 2.20. The second-order valence-corrected chi connectivity index (χ2v) is 4.72. The van der Waals surface area contributed by atoms with Gasteiger partial charge in [-0.3, -0.25) is 0 Å². The molecular weight excluding hydrogens is 246 g/mol. The standard InChI is InChI=1S/C14H19NO4/c16-13(14(17)18)6-3-10-1-4-11(5-2-10)12-9-19-8-7-15-12/h1-2,4-5,12-13,15-16H,3,6-9H2,(H,17,18). The Bertz CT molecular complexity index is 412. The summed E-state index contributed by atoms with van der Waals surface area (Å²) in [7, 11) is 0. The smallest absolute Gasteiger partial charge is 0.332 e. The Balaban J connectivity index is 1.89. The van der Waals surface area contributed by atoms with E-state index in [-0.39, 0.29) is 12.5 Å². The van der Waals surface area contributed by atoms with E-state index in [0.29, 0.717) is 13.0 Å². The Morgan fingerprint density at radius 3 is 2.74 bits per heavy atom. The van der Waals surface area contributed by atoms with Crippen LogP contribution in [0.2, 0.25) is 0 Å². The molecule has 2 unspecified atom stereocenters. The van der Waals surface area contributed by atoms with Crippen LogP contribution in [-0.2, 0) is 16.0 Å². The maximum Gasteiger partial charge on any atom is 0.332 e. The van der Waals surface area contributed by atoms with Gasteiger partial charge in [-0.25, -0.2) is 4.79 Å². The molecule has 5 nitrogen and oxygen atoms in total. The van der Waals surface area contributed by atoms with Gasteiger partial charge in [-0.1, -0.05) is 24.3 Å². The van der Waals surface area contributed by atoms with Gasteiger partial charge in [0.05, 0.1) is 19.3 Å². The van der Waals surface area contributed by atoms with Gasteiger partial charge in [0.25, 0.3) is 0 Å². The third-order valence-corrected chi connectivity index (χ3v) is 3.30. The van der Waals surface area contributed by atoms with E-state index < -0.39 is 12.1 Å². The van der Waals surface area contributed by atoms with Crippen molar-refractivity contribution >= 4 is 5.97 Å². The molecule has 0 amide bonds. The first-order chi connectivity index (χ1) is 9.16. The lowest BCUT2D eigenvalue weighted by Gasteiger charge is -2.24. The summed E-state index contributed by atoms with van der Waals surface area (Å²) in [5.74, 6) is -1.17. The van der Waals surface area contributed by atoms with E-state index in [1.54, 1.807) is 0 Å². The number of aliphatic hydroxyl groups excluding tert-OH is 1. The number of carboxylic acid groups (broad SMARTS) is 1. The first kappa shape index (κ1) is 14.0. The largest absolute Gasteiger partial charge is 0.479 e. The number of ether oxygens (including phenoxy) is 1. The molecule has 2 rings (SSSR count). The van der Waals surface area contributed by atoms with Gasteiger partial charge in [0.15, 0.2) is 6.10 Å². The molecule has 1 aromatic carbocycles. The number of carboxylic acids is 1. The van der Waals surface area contributed by atoms with Gasteiger partial charge in [-0.15, -0.1) is 0 Å². The molecule has 0 bridgehead atoms. The Morgan fingerprint density at radius 2 is 2.16 bits per heavy atom.